The maximum absolute atomic E-state index is 14.6. The lowest BCUT2D eigenvalue weighted by atomic mass is 10.1. The van der Waals surface area contributed by atoms with Gasteiger partial charge in [-0.2, -0.15) is 5.10 Å². The minimum absolute atomic E-state index is 0.196. The highest BCUT2D eigenvalue weighted by Crippen LogP contribution is 2.36. The molecule has 0 saturated heterocycles. The van der Waals surface area contributed by atoms with Crippen molar-refractivity contribution in [1.29, 1.82) is 0 Å². The molecule has 4 aromatic heterocycles. The van der Waals surface area contributed by atoms with Crippen LogP contribution < -0.4 is 10.6 Å². The van der Waals surface area contributed by atoms with Crippen LogP contribution in [0.3, 0.4) is 0 Å². The quantitative estimate of drug-likeness (QED) is 0.259. The standard InChI is InChI=1S/C31H25FN8O2/c1-42-29(30(33)41)25-18-27(40(21-10-14-34-15-11-21)22-12-16-35-17-13-22)37-31(36-25)28-23-7-3-5-9-26(23)39(38-28)19-20-6-2-4-8-24(20)32/h2-18,29H,19H2,1H3,(H2,33,41). The first-order chi connectivity index (χ1) is 20.5. The van der Waals surface area contributed by atoms with Crippen LogP contribution in [0.15, 0.2) is 104 Å². The molecule has 0 radical (unpaired) electrons. The van der Waals surface area contributed by atoms with E-state index < -0.39 is 12.0 Å². The Hall–Kier alpha value is -5.55. The van der Waals surface area contributed by atoms with E-state index in [-0.39, 0.29) is 23.9 Å². The predicted molar refractivity (Wildman–Crippen MR) is 155 cm³/mol. The Bertz CT molecular complexity index is 1820. The molecule has 1 amide bonds. The van der Waals surface area contributed by atoms with E-state index in [0.29, 0.717) is 17.1 Å². The largest absolute Gasteiger partial charge is 0.367 e. The number of anilines is 3. The highest BCUT2D eigenvalue weighted by atomic mass is 19.1. The van der Waals surface area contributed by atoms with Crippen molar-refractivity contribution in [1.82, 2.24) is 29.7 Å². The lowest BCUT2D eigenvalue weighted by Gasteiger charge is -2.25. The molecule has 1 atom stereocenters. The number of para-hydroxylation sites is 1. The molecule has 2 aromatic carbocycles. The Morgan fingerprint density at radius 1 is 0.929 bits per heavy atom. The van der Waals surface area contributed by atoms with Crippen LogP contribution in [0.1, 0.15) is 17.4 Å². The summed E-state index contributed by atoms with van der Waals surface area (Å²) in [5.74, 6) is -0.359. The Balaban J connectivity index is 1.58. The number of halogens is 1. The number of methoxy groups -OCH3 is 1. The summed E-state index contributed by atoms with van der Waals surface area (Å²) in [4.78, 5) is 32.2. The van der Waals surface area contributed by atoms with Crippen LogP contribution in [0.4, 0.5) is 21.6 Å². The number of benzene rings is 2. The van der Waals surface area contributed by atoms with E-state index in [1.165, 1.54) is 13.2 Å². The fourth-order valence-corrected chi connectivity index (χ4v) is 4.79. The Labute approximate surface area is 240 Å². The van der Waals surface area contributed by atoms with Crippen LogP contribution >= 0.6 is 0 Å². The average molecular weight is 561 g/mol. The number of hydrogen-bond acceptors (Lipinski definition) is 8. The van der Waals surface area contributed by atoms with Crippen LogP contribution in [0, 0.1) is 5.82 Å². The lowest BCUT2D eigenvalue weighted by molar-refractivity contribution is -0.128. The fourth-order valence-electron chi connectivity index (χ4n) is 4.79. The van der Waals surface area contributed by atoms with Gasteiger partial charge in [0.2, 0.25) is 0 Å². The number of ether oxygens (including phenoxy) is 1. The molecule has 2 N–H and O–H groups in total. The van der Waals surface area contributed by atoms with E-state index in [1.807, 2.05) is 53.4 Å². The molecular weight excluding hydrogens is 535 g/mol. The van der Waals surface area contributed by atoms with Gasteiger partial charge in [-0.3, -0.25) is 24.3 Å². The average Bonchev–Trinajstić information content (AvgIpc) is 3.38. The monoisotopic (exact) mass is 560 g/mol. The molecule has 10 nitrogen and oxygen atoms in total. The van der Waals surface area contributed by atoms with E-state index in [1.54, 1.807) is 53.7 Å². The molecule has 6 aromatic rings. The molecule has 0 bridgehead atoms. The second kappa shape index (κ2) is 11.5. The number of carbonyl (C=O) groups excluding carboxylic acids is 1. The minimum atomic E-state index is -1.14. The zero-order valence-electron chi connectivity index (χ0n) is 22.5. The summed E-state index contributed by atoms with van der Waals surface area (Å²) in [6.07, 6.45) is 5.55. The first-order valence-electron chi connectivity index (χ1n) is 13.0. The summed E-state index contributed by atoms with van der Waals surface area (Å²) in [6.45, 7) is 0.196. The second-order valence-corrected chi connectivity index (χ2v) is 9.35. The Kier molecular flexibility index (Phi) is 7.31. The minimum Gasteiger partial charge on any atom is -0.367 e. The van der Waals surface area contributed by atoms with Gasteiger partial charge in [-0.1, -0.05) is 36.4 Å². The maximum atomic E-state index is 14.6. The van der Waals surface area contributed by atoms with Gasteiger partial charge in [-0.25, -0.2) is 14.4 Å². The lowest BCUT2D eigenvalue weighted by Crippen LogP contribution is -2.24. The molecule has 4 heterocycles. The number of primary amides is 1. The molecule has 0 saturated carbocycles. The van der Waals surface area contributed by atoms with Gasteiger partial charge < -0.3 is 10.5 Å². The van der Waals surface area contributed by atoms with Crippen molar-refractivity contribution in [3.63, 3.8) is 0 Å². The molecule has 0 aliphatic carbocycles. The number of hydrogen-bond donors (Lipinski definition) is 1. The summed E-state index contributed by atoms with van der Waals surface area (Å²) in [5.41, 5.74) is 9.18. The van der Waals surface area contributed by atoms with E-state index in [9.17, 15) is 9.18 Å². The number of fused-ring (bicyclic) bond motifs is 1. The molecule has 0 spiro atoms. The first kappa shape index (κ1) is 26.7. The zero-order chi connectivity index (χ0) is 29.1. The third-order valence-electron chi connectivity index (χ3n) is 6.71. The van der Waals surface area contributed by atoms with Crippen molar-refractivity contribution < 1.29 is 13.9 Å². The van der Waals surface area contributed by atoms with Crippen molar-refractivity contribution >= 4 is 34.0 Å². The highest BCUT2D eigenvalue weighted by molar-refractivity contribution is 5.92. The van der Waals surface area contributed by atoms with Gasteiger partial charge in [0.05, 0.1) is 29.1 Å². The van der Waals surface area contributed by atoms with E-state index in [0.717, 1.165) is 22.3 Å². The van der Waals surface area contributed by atoms with Gasteiger partial charge in [0.1, 0.15) is 17.3 Å². The number of nitrogens with two attached hydrogens (primary N) is 1. The summed E-state index contributed by atoms with van der Waals surface area (Å²) in [5, 5.41) is 5.60. The van der Waals surface area contributed by atoms with E-state index in [4.69, 9.17) is 25.5 Å². The zero-order valence-corrected chi connectivity index (χ0v) is 22.5. The molecule has 1 unspecified atom stereocenters. The molecule has 0 fully saturated rings. The molecule has 6 rings (SSSR count). The van der Waals surface area contributed by atoms with Gasteiger partial charge in [-0.05, 0) is 36.4 Å². The van der Waals surface area contributed by atoms with Crippen LogP contribution in [-0.4, -0.2) is 42.7 Å². The Morgan fingerprint density at radius 3 is 2.21 bits per heavy atom. The highest BCUT2D eigenvalue weighted by Gasteiger charge is 2.26. The van der Waals surface area contributed by atoms with Crippen LogP contribution in [0.2, 0.25) is 0 Å². The fraction of sp³-hybridized carbons (Fsp3) is 0.0968. The number of aromatic nitrogens is 6. The molecule has 0 aliphatic heterocycles. The van der Waals surface area contributed by atoms with E-state index in [2.05, 4.69) is 9.97 Å². The van der Waals surface area contributed by atoms with Crippen molar-refractivity contribution in [2.24, 2.45) is 5.73 Å². The van der Waals surface area contributed by atoms with Crippen LogP contribution in [0.25, 0.3) is 22.4 Å². The SMILES string of the molecule is COC(C(N)=O)c1cc(N(c2ccncc2)c2ccncc2)nc(-c2nn(Cc3ccccc3F)c3ccccc23)n1. The van der Waals surface area contributed by atoms with Gasteiger partial charge in [0, 0.05) is 48.9 Å². The molecule has 0 aliphatic rings. The topological polar surface area (TPSA) is 125 Å². The third kappa shape index (κ3) is 5.16. The van der Waals surface area contributed by atoms with Crippen molar-refractivity contribution in [3.8, 4) is 11.5 Å². The number of amides is 1. The van der Waals surface area contributed by atoms with E-state index >= 15 is 0 Å². The van der Waals surface area contributed by atoms with Crippen molar-refractivity contribution in [2.75, 3.05) is 12.0 Å². The summed E-state index contributed by atoms with van der Waals surface area (Å²) in [6, 6.07) is 23.1. The van der Waals surface area contributed by atoms with Gasteiger partial charge in [0.25, 0.3) is 5.91 Å². The summed E-state index contributed by atoms with van der Waals surface area (Å²) in [7, 11) is 1.39. The number of pyridine rings is 2. The maximum Gasteiger partial charge on any atom is 0.252 e. The summed E-state index contributed by atoms with van der Waals surface area (Å²) >= 11 is 0. The number of nitrogens with zero attached hydrogens (tertiary/aromatic N) is 7. The van der Waals surface area contributed by atoms with Gasteiger partial charge in [-0.15, -0.1) is 0 Å². The predicted octanol–water partition coefficient (Wildman–Crippen LogP) is 5.11. The van der Waals surface area contributed by atoms with Crippen LogP contribution in [-0.2, 0) is 16.1 Å². The molecule has 11 heteroatoms. The third-order valence-corrected chi connectivity index (χ3v) is 6.71. The number of rotatable bonds is 9. The van der Waals surface area contributed by atoms with Crippen LogP contribution in [0.5, 0.6) is 0 Å². The molecule has 208 valence electrons. The van der Waals surface area contributed by atoms with Gasteiger partial charge in [0.15, 0.2) is 11.9 Å². The second-order valence-electron chi connectivity index (χ2n) is 9.35. The van der Waals surface area contributed by atoms with Crippen molar-refractivity contribution in [3.05, 3.63) is 121 Å². The first-order valence-corrected chi connectivity index (χ1v) is 13.0. The smallest absolute Gasteiger partial charge is 0.252 e. The normalized spacial score (nSPS) is 11.9. The number of carbonyl (C=O) groups is 1. The molecular formula is C31H25FN8O2. The van der Waals surface area contributed by atoms with Crippen molar-refractivity contribution in [2.45, 2.75) is 12.6 Å². The van der Waals surface area contributed by atoms with Gasteiger partial charge >= 0.3 is 0 Å². The molecule has 42 heavy (non-hydrogen) atoms. The Morgan fingerprint density at radius 2 is 1.57 bits per heavy atom. The summed E-state index contributed by atoms with van der Waals surface area (Å²) < 4.78 is 21.7.